The topological polar surface area (TPSA) is 92.8 Å². The van der Waals surface area contributed by atoms with Crippen LogP contribution in [0.1, 0.15) is 21.7 Å². The average Bonchev–Trinajstić information content (AvgIpc) is 3.41. The minimum absolute atomic E-state index is 0.00765. The van der Waals surface area contributed by atoms with Crippen molar-refractivity contribution in [3.63, 3.8) is 0 Å². The number of aryl methyl sites for hydroxylation is 1. The normalized spacial score (nSPS) is 13.0. The summed E-state index contributed by atoms with van der Waals surface area (Å²) in [4.78, 5) is 11.6. The lowest BCUT2D eigenvalue weighted by molar-refractivity contribution is 0.112. The van der Waals surface area contributed by atoms with Gasteiger partial charge in [-0.1, -0.05) is 35.9 Å². The first-order valence-electron chi connectivity index (χ1n) is 10.2. The van der Waals surface area contributed by atoms with Crippen molar-refractivity contribution < 1.29 is 22.7 Å². The molecule has 8 heteroatoms. The van der Waals surface area contributed by atoms with E-state index in [0.717, 1.165) is 22.8 Å². The summed E-state index contributed by atoms with van der Waals surface area (Å²) in [6.07, 6.45) is 2.91. The molecule has 4 rings (SSSR count). The van der Waals surface area contributed by atoms with Crippen LogP contribution in [0.15, 0.2) is 82.4 Å². The highest BCUT2D eigenvalue weighted by Gasteiger charge is 2.28. The molecule has 2 aromatic carbocycles. The molecule has 0 fully saturated rings. The molecular formula is C24H24N2O5S. The second kappa shape index (κ2) is 9.12. The summed E-state index contributed by atoms with van der Waals surface area (Å²) in [5.41, 5.74) is 2.27. The lowest BCUT2D eigenvalue weighted by Crippen LogP contribution is -2.38. The van der Waals surface area contributed by atoms with Crippen LogP contribution in [0.2, 0.25) is 0 Å². The van der Waals surface area contributed by atoms with Crippen molar-refractivity contribution in [1.82, 2.24) is 8.87 Å². The van der Waals surface area contributed by atoms with Crippen LogP contribution in [0.25, 0.3) is 10.9 Å². The van der Waals surface area contributed by atoms with Gasteiger partial charge in [0.05, 0.1) is 23.8 Å². The van der Waals surface area contributed by atoms with Crippen LogP contribution >= 0.6 is 0 Å². The van der Waals surface area contributed by atoms with Gasteiger partial charge in [-0.2, -0.15) is 4.31 Å². The van der Waals surface area contributed by atoms with Gasteiger partial charge in [0.15, 0.2) is 6.29 Å². The molecule has 0 radical (unpaired) electrons. The fourth-order valence-electron chi connectivity index (χ4n) is 3.72. The predicted octanol–water partition coefficient (Wildman–Crippen LogP) is 3.61. The van der Waals surface area contributed by atoms with Crippen molar-refractivity contribution in [2.24, 2.45) is 0 Å². The van der Waals surface area contributed by atoms with Gasteiger partial charge in [-0.15, -0.1) is 0 Å². The van der Waals surface area contributed by atoms with E-state index in [1.165, 1.54) is 10.6 Å². The molecule has 0 aliphatic heterocycles. The summed E-state index contributed by atoms with van der Waals surface area (Å²) in [6.45, 7) is 1.87. The second-order valence-corrected chi connectivity index (χ2v) is 9.65. The highest BCUT2D eigenvalue weighted by Crippen LogP contribution is 2.23. The molecule has 0 saturated heterocycles. The molecular weight excluding hydrogens is 428 g/mol. The van der Waals surface area contributed by atoms with E-state index < -0.39 is 16.1 Å². The van der Waals surface area contributed by atoms with Crippen LogP contribution in [0, 0.1) is 6.92 Å². The van der Waals surface area contributed by atoms with Crippen molar-refractivity contribution >= 4 is 27.2 Å². The van der Waals surface area contributed by atoms with E-state index in [0.29, 0.717) is 11.3 Å². The number of furan rings is 1. The predicted molar refractivity (Wildman–Crippen MR) is 121 cm³/mol. The molecule has 2 heterocycles. The Morgan fingerprint density at radius 2 is 1.84 bits per heavy atom. The largest absolute Gasteiger partial charge is 0.468 e. The summed E-state index contributed by atoms with van der Waals surface area (Å²) in [5.74, 6) is 0.475. The standard InChI is InChI=1S/C24H24N2O5S/c1-18-8-10-22(11-9-18)32(29,30)26(16-21-5-4-12-31-21)15-20(28)14-25-13-19(17-27)23-6-2-3-7-24(23)25/h2-13,17,20,28H,14-16H2,1H3/t20-/m0/s1. The minimum Gasteiger partial charge on any atom is -0.468 e. The Hall–Kier alpha value is -3.20. The van der Waals surface area contributed by atoms with Gasteiger partial charge in [-0.05, 0) is 37.3 Å². The third kappa shape index (κ3) is 4.52. The summed E-state index contributed by atoms with van der Waals surface area (Å²) in [7, 11) is -3.88. The fourth-order valence-corrected chi connectivity index (χ4v) is 5.17. The molecule has 0 amide bonds. The smallest absolute Gasteiger partial charge is 0.243 e. The first-order valence-corrected chi connectivity index (χ1v) is 11.6. The molecule has 4 aromatic rings. The SMILES string of the molecule is Cc1ccc(S(=O)(=O)N(Cc2ccco2)C[C@@H](O)Cn2cc(C=O)c3ccccc32)cc1. The highest BCUT2D eigenvalue weighted by molar-refractivity contribution is 7.89. The number of hydrogen-bond acceptors (Lipinski definition) is 5. The number of aldehydes is 1. The number of para-hydroxylation sites is 1. The lowest BCUT2D eigenvalue weighted by atomic mass is 10.2. The van der Waals surface area contributed by atoms with E-state index in [1.807, 2.05) is 31.2 Å². The Morgan fingerprint density at radius 3 is 2.53 bits per heavy atom. The third-order valence-corrected chi connectivity index (χ3v) is 7.17. The number of rotatable bonds is 9. The first-order chi connectivity index (χ1) is 15.4. The number of carbonyl (C=O) groups is 1. The monoisotopic (exact) mass is 452 g/mol. The molecule has 1 atom stereocenters. The zero-order valence-corrected chi connectivity index (χ0v) is 18.4. The Bertz CT molecular complexity index is 1310. The van der Waals surface area contributed by atoms with E-state index in [-0.39, 0.29) is 24.5 Å². The van der Waals surface area contributed by atoms with Gasteiger partial charge in [-0.25, -0.2) is 8.42 Å². The number of aliphatic hydroxyl groups is 1. The third-order valence-electron chi connectivity index (χ3n) is 5.34. The van der Waals surface area contributed by atoms with Gasteiger partial charge in [0, 0.05) is 35.8 Å². The quantitative estimate of drug-likeness (QED) is 0.392. The number of aliphatic hydroxyl groups excluding tert-OH is 1. The molecule has 0 saturated carbocycles. The molecule has 0 unspecified atom stereocenters. The van der Waals surface area contributed by atoms with Gasteiger partial charge in [-0.3, -0.25) is 4.79 Å². The van der Waals surface area contributed by atoms with Crippen LogP contribution in [0.4, 0.5) is 0 Å². The van der Waals surface area contributed by atoms with E-state index in [4.69, 9.17) is 4.42 Å². The second-order valence-electron chi connectivity index (χ2n) is 7.72. The maximum absolute atomic E-state index is 13.3. The number of benzene rings is 2. The van der Waals surface area contributed by atoms with E-state index in [2.05, 4.69) is 0 Å². The van der Waals surface area contributed by atoms with Gasteiger partial charge < -0.3 is 14.1 Å². The van der Waals surface area contributed by atoms with E-state index >= 15 is 0 Å². The molecule has 0 bridgehead atoms. The number of hydrogen-bond donors (Lipinski definition) is 1. The van der Waals surface area contributed by atoms with Crippen molar-refractivity contribution in [3.05, 3.63) is 90.0 Å². The van der Waals surface area contributed by atoms with Crippen LogP contribution in [0.3, 0.4) is 0 Å². The molecule has 1 N–H and O–H groups in total. The number of aromatic nitrogens is 1. The zero-order valence-electron chi connectivity index (χ0n) is 17.6. The maximum Gasteiger partial charge on any atom is 0.243 e. The molecule has 32 heavy (non-hydrogen) atoms. The van der Waals surface area contributed by atoms with Gasteiger partial charge in [0.2, 0.25) is 10.0 Å². The van der Waals surface area contributed by atoms with Crippen molar-refractivity contribution in [1.29, 1.82) is 0 Å². The Balaban J connectivity index is 1.61. The van der Waals surface area contributed by atoms with Crippen LogP contribution < -0.4 is 0 Å². The van der Waals surface area contributed by atoms with Gasteiger partial charge in [0.25, 0.3) is 0 Å². The van der Waals surface area contributed by atoms with Crippen molar-refractivity contribution in [2.45, 2.75) is 31.0 Å². The summed E-state index contributed by atoms with van der Waals surface area (Å²) >= 11 is 0. The Labute approximate surface area is 186 Å². The molecule has 0 aliphatic rings. The highest BCUT2D eigenvalue weighted by atomic mass is 32.2. The van der Waals surface area contributed by atoms with Crippen LogP contribution in [0.5, 0.6) is 0 Å². The first kappa shape index (κ1) is 22.0. The molecule has 7 nitrogen and oxygen atoms in total. The van der Waals surface area contributed by atoms with Gasteiger partial charge in [0.1, 0.15) is 5.76 Å². The van der Waals surface area contributed by atoms with E-state index in [9.17, 15) is 18.3 Å². The lowest BCUT2D eigenvalue weighted by Gasteiger charge is -2.24. The fraction of sp³-hybridized carbons (Fsp3) is 0.208. The zero-order chi connectivity index (χ0) is 22.7. The number of sulfonamides is 1. The van der Waals surface area contributed by atoms with Gasteiger partial charge >= 0.3 is 0 Å². The van der Waals surface area contributed by atoms with Crippen molar-refractivity contribution in [2.75, 3.05) is 6.54 Å². The summed E-state index contributed by atoms with van der Waals surface area (Å²) < 4.78 is 35.0. The molecule has 0 aliphatic carbocycles. The van der Waals surface area contributed by atoms with Crippen LogP contribution in [-0.4, -0.2) is 41.3 Å². The molecule has 166 valence electrons. The summed E-state index contributed by atoms with van der Waals surface area (Å²) in [5, 5.41) is 11.6. The number of fused-ring (bicyclic) bond motifs is 1. The average molecular weight is 453 g/mol. The number of nitrogens with zero attached hydrogens (tertiary/aromatic N) is 2. The molecule has 0 spiro atoms. The Kier molecular flexibility index (Phi) is 6.27. The van der Waals surface area contributed by atoms with E-state index in [1.54, 1.807) is 47.2 Å². The maximum atomic E-state index is 13.3. The van der Waals surface area contributed by atoms with Crippen LogP contribution in [-0.2, 0) is 23.1 Å². The number of carbonyl (C=O) groups excluding carboxylic acids is 1. The Morgan fingerprint density at radius 1 is 1.09 bits per heavy atom. The summed E-state index contributed by atoms with van der Waals surface area (Å²) in [6, 6.07) is 17.4. The van der Waals surface area contributed by atoms with Crippen molar-refractivity contribution in [3.8, 4) is 0 Å². The minimum atomic E-state index is -3.88. The molecule has 2 aromatic heterocycles.